The van der Waals surface area contributed by atoms with Gasteiger partial charge in [0.15, 0.2) is 0 Å². The Morgan fingerprint density at radius 3 is 2.67 bits per heavy atom. The molecule has 0 aromatic carbocycles. The Labute approximate surface area is 85.9 Å². The van der Waals surface area contributed by atoms with Gasteiger partial charge in [0.2, 0.25) is 0 Å². The van der Waals surface area contributed by atoms with Crippen LogP contribution in [-0.2, 0) is 4.79 Å². The molecule has 0 saturated carbocycles. The second kappa shape index (κ2) is 7.77. The van der Waals surface area contributed by atoms with Crippen molar-refractivity contribution in [1.82, 2.24) is 0 Å². The monoisotopic (exact) mass is 228 g/mol. The van der Waals surface area contributed by atoms with Gasteiger partial charge in [0, 0.05) is 12.0 Å². The lowest BCUT2D eigenvalue weighted by Gasteiger charge is -1.97. The summed E-state index contributed by atoms with van der Waals surface area (Å²) in [6.07, 6.45) is 1.76. The molecule has 0 aliphatic heterocycles. The van der Waals surface area contributed by atoms with Crippen LogP contribution in [0.3, 0.4) is 0 Å². The largest absolute Gasteiger partial charge is 0.481 e. The molecule has 0 aromatic rings. The van der Waals surface area contributed by atoms with Gasteiger partial charge < -0.3 is 5.11 Å². The van der Waals surface area contributed by atoms with Crippen LogP contribution in [0.25, 0.3) is 0 Å². The Bertz CT molecular complexity index is 171. The number of unbranched alkanes of at least 4 members (excludes halogenated alkanes) is 1. The number of halogens is 2. The molecule has 0 heterocycles. The summed E-state index contributed by atoms with van der Waals surface area (Å²) in [5.41, 5.74) is 1.31. The molecule has 0 amide bonds. The third-order valence-electron chi connectivity index (χ3n) is 1.11. The standard InChI is InChI=1S/C7H10Cl2O2S/c8-5-6(9)12-4-2-1-3-7(10)11/h5H,1-4H2,(H,10,11). The van der Waals surface area contributed by atoms with Gasteiger partial charge in [-0.25, -0.2) is 0 Å². The molecule has 0 aliphatic rings. The molecule has 1 N–H and O–H groups in total. The van der Waals surface area contributed by atoms with Crippen molar-refractivity contribution in [2.24, 2.45) is 0 Å². The summed E-state index contributed by atoms with van der Waals surface area (Å²) in [6.45, 7) is 0. The molecule has 0 spiro atoms. The van der Waals surface area contributed by atoms with Crippen LogP contribution in [0.1, 0.15) is 19.3 Å². The van der Waals surface area contributed by atoms with E-state index in [9.17, 15) is 4.79 Å². The molecule has 0 radical (unpaired) electrons. The Kier molecular flexibility index (Phi) is 7.86. The van der Waals surface area contributed by atoms with Crippen LogP contribution in [0, 0.1) is 0 Å². The van der Waals surface area contributed by atoms with E-state index in [0.717, 1.165) is 12.2 Å². The van der Waals surface area contributed by atoms with E-state index in [0.29, 0.717) is 10.8 Å². The average Bonchev–Trinajstić information content (AvgIpc) is 2.03. The SMILES string of the molecule is O=C(O)CCCCSC(Cl)=CCl. The molecular weight excluding hydrogens is 219 g/mol. The lowest BCUT2D eigenvalue weighted by atomic mass is 10.3. The second-order valence-corrected chi connectivity index (χ2v) is 4.10. The van der Waals surface area contributed by atoms with Gasteiger partial charge in [-0.1, -0.05) is 23.2 Å². The van der Waals surface area contributed by atoms with E-state index in [4.69, 9.17) is 28.3 Å². The summed E-state index contributed by atoms with van der Waals surface area (Å²) in [5.74, 6) is 0.0639. The van der Waals surface area contributed by atoms with Crippen LogP contribution in [0.2, 0.25) is 0 Å². The zero-order valence-electron chi connectivity index (χ0n) is 6.43. The lowest BCUT2D eigenvalue weighted by Crippen LogP contribution is -1.94. The maximum Gasteiger partial charge on any atom is 0.303 e. The molecule has 0 rings (SSSR count). The molecule has 5 heteroatoms. The summed E-state index contributed by atoms with van der Waals surface area (Å²) in [6, 6.07) is 0. The average molecular weight is 229 g/mol. The van der Waals surface area contributed by atoms with E-state index in [1.54, 1.807) is 0 Å². The third-order valence-corrected chi connectivity index (χ3v) is 2.89. The zero-order valence-corrected chi connectivity index (χ0v) is 8.75. The first-order valence-electron chi connectivity index (χ1n) is 3.47. The number of carboxylic acid groups (broad SMARTS) is 1. The normalized spacial score (nSPS) is 11.7. The van der Waals surface area contributed by atoms with Crippen molar-refractivity contribution in [3.63, 3.8) is 0 Å². The van der Waals surface area contributed by atoms with Crippen LogP contribution in [0.5, 0.6) is 0 Å². The van der Waals surface area contributed by atoms with Crippen molar-refractivity contribution in [3.05, 3.63) is 9.90 Å². The number of hydrogen-bond acceptors (Lipinski definition) is 2. The van der Waals surface area contributed by atoms with Crippen molar-refractivity contribution < 1.29 is 9.90 Å². The summed E-state index contributed by atoms with van der Waals surface area (Å²) in [7, 11) is 0. The molecule has 0 bridgehead atoms. The Morgan fingerprint density at radius 2 is 2.17 bits per heavy atom. The number of carbonyl (C=O) groups is 1. The molecule has 12 heavy (non-hydrogen) atoms. The minimum Gasteiger partial charge on any atom is -0.481 e. The summed E-state index contributed by atoms with van der Waals surface area (Å²) >= 11 is 12.3. The molecule has 0 fully saturated rings. The van der Waals surface area contributed by atoms with E-state index in [2.05, 4.69) is 0 Å². The maximum absolute atomic E-state index is 10.1. The van der Waals surface area contributed by atoms with Crippen molar-refractivity contribution in [2.75, 3.05) is 5.75 Å². The second-order valence-electron chi connectivity index (χ2n) is 2.11. The lowest BCUT2D eigenvalue weighted by molar-refractivity contribution is -0.137. The molecule has 0 aliphatic carbocycles. The third kappa shape index (κ3) is 8.24. The van der Waals surface area contributed by atoms with Crippen molar-refractivity contribution >= 4 is 40.9 Å². The predicted octanol–water partition coefficient (Wildman–Crippen LogP) is 3.25. The van der Waals surface area contributed by atoms with Gasteiger partial charge in [0.1, 0.15) is 0 Å². The van der Waals surface area contributed by atoms with Crippen LogP contribution < -0.4 is 0 Å². The van der Waals surface area contributed by atoms with Gasteiger partial charge in [-0.3, -0.25) is 4.79 Å². The Morgan fingerprint density at radius 1 is 1.50 bits per heavy atom. The molecule has 0 aromatic heterocycles. The van der Waals surface area contributed by atoms with Crippen molar-refractivity contribution in [3.8, 4) is 0 Å². The van der Waals surface area contributed by atoms with Gasteiger partial charge in [-0.2, -0.15) is 0 Å². The fourth-order valence-electron chi connectivity index (χ4n) is 0.579. The van der Waals surface area contributed by atoms with Gasteiger partial charge in [-0.05, 0) is 18.6 Å². The zero-order chi connectivity index (χ0) is 9.40. The first-order valence-corrected chi connectivity index (χ1v) is 5.27. The van der Waals surface area contributed by atoms with Crippen molar-refractivity contribution in [1.29, 1.82) is 0 Å². The smallest absolute Gasteiger partial charge is 0.303 e. The molecular formula is C7H10Cl2O2S. The molecule has 70 valence electrons. The molecule has 2 nitrogen and oxygen atoms in total. The van der Waals surface area contributed by atoms with Crippen LogP contribution >= 0.6 is 35.0 Å². The minimum absolute atomic E-state index is 0.225. The van der Waals surface area contributed by atoms with Crippen LogP contribution in [-0.4, -0.2) is 16.8 Å². The fraction of sp³-hybridized carbons (Fsp3) is 0.571. The topological polar surface area (TPSA) is 37.3 Å². The highest BCUT2D eigenvalue weighted by Gasteiger charge is 1.97. The van der Waals surface area contributed by atoms with Gasteiger partial charge in [-0.15, -0.1) is 11.8 Å². The predicted molar refractivity (Wildman–Crippen MR) is 53.7 cm³/mol. The fourth-order valence-corrected chi connectivity index (χ4v) is 1.61. The summed E-state index contributed by atoms with van der Waals surface area (Å²) < 4.78 is 0.548. The number of hydrogen-bond donors (Lipinski definition) is 1. The minimum atomic E-state index is -0.751. The van der Waals surface area contributed by atoms with E-state index < -0.39 is 5.97 Å². The van der Waals surface area contributed by atoms with Gasteiger partial charge in [0.05, 0.1) is 4.36 Å². The van der Waals surface area contributed by atoms with E-state index >= 15 is 0 Å². The molecule has 0 atom stereocenters. The first kappa shape index (κ1) is 12.1. The van der Waals surface area contributed by atoms with Gasteiger partial charge >= 0.3 is 5.97 Å². The maximum atomic E-state index is 10.1. The van der Waals surface area contributed by atoms with E-state index in [1.165, 1.54) is 17.3 Å². The van der Waals surface area contributed by atoms with Crippen LogP contribution in [0.4, 0.5) is 0 Å². The Balaban J connectivity index is 3.16. The number of aliphatic carboxylic acids is 1. The highest BCUT2D eigenvalue weighted by Crippen LogP contribution is 2.21. The quantitative estimate of drug-likeness (QED) is 0.710. The molecule has 0 unspecified atom stereocenters. The summed E-state index contributed by atoms with van der Waals surface area (Å²) in [4.78, 5) is 10.1. The number of rotatable bonds is 6. The van der Waals surface area contributed by atoms with E-state index in [1.807, 2.05) is 0 Å². The Hall–Kier alpha value is 0.140. The highest BCUT2D eigenvalue weighted by molar-refractivity contribution is 8.04. The molecule has 0 saturated heterocycles. The first-order chi connectivity index (χ1) is 5.66. The highest BCUT2D eigenvalue weighted by atomic mass is 35.5. The van der Waals surface area contributed by atoms with Crippen LogP contribution in [0.15, 0.2) is 9.90 Å². The number of thioether (sulfide) groups is 1. The van der Waals surface area contributed by atoms with Gasteiger partial charge in [0.25, 0.3) is 0 Å². The van der Waals surface area contributed by atoms with E-state index in [-0.39, 0.29) is 6.42 Å². The summed E-state index contributed by atoms with van der Waals surface area (Å²) in [5, 5.41) is 8.30. The van der Waals surface area contributed by atoms with Crippen molar-refractivity contribution in [2.45, 2.75) is 19.3 Å². The number of carboxylic acids is 1.